The lowest BCUT2D eigenvalue weighted by Gasteiger charge is -2.23. The number of amides is 2. The number of rotatable bonds is 4. The Bertz CT molecular complexity index is 927. The van der Waals surface area contributed by atoms with Gasteiger partial charge in [-0.1, -0.05) is 12.1 Å². The molecule has 7 nitrogen and oxygen atoms in total. The summed E-state index contributed by atoms with van der Waals surface area (Å²) in [6.07, 6.45) is 0.00176. The minimum atomic E-state index is -3.78. The number of thioether (sulfide) groups is 1. The molecular weight excluding hydrogens is 362 g/mol. The van der Waals surface area contributed by atoms with Gasteiger partial charge in [0.15, 0.2) is 0 Å². The highest BCUT2D eigenvalue weighted by Gasteiger charge is 2.28. The fourth-order valence-corrected chi connectivity index (χ4v) is 3.96. The summed E-state index contributed by atoms with van der Waals surface area (Å²) in [5.41, 5.74) is 1.17. The lowest BCUT2D eigenvalue weighted by molar-refractivity contribution is -0.120. The van der Waals surface area contributed by atoms with E-state index in [2.05, 4.69) is 10.6 Å². The molecule has 2 aromatic carbocycles. The molecule has 3 rings (SSSR count). The molecule has 0 radical (unpaired) electrons. The van der Waals surface area contributed by atoms with Gasteiger partial charge in [0.1, 0.15) is 0 Å². The number of nitrogens with two attached hydrogens (primary N) is 1. The predicted molar refractivity (Wildman–Crippen MR) is 95.8 cm³/mol. The van der Waals surface area contributed by atoms with Crippen molar-refractivity contribution in [1.29, 1.82) is 0 Å². The van der Waals surface area contributed by atoms with Crippen molar-refractivity contribution < 1.29 is 18.0 Å². The molecule has 0 saturated carbocycles. The first-order valence-electron chi connectivity index (χ1n) is 7.32. The van der Waals surface area contributed by atoms with Crippen LogP contribution in [0.5, 0.6) is 0 Å². The summed E-state index contributed by atoms with van der Waals surface area (Å²) < 4.78 is 22.4. The zero-order valence-corrected chi connectivity index (χ0v) is 14.6. The van der Waals surface area contributed by atoms with Gasteiger partial charge in [0, 0.05) is 17.0 Å². The van der Waals surface area contributed by atoms with Crippen LogP contribution < -0.4 is 15.8 Å². The van der Waals surface area contributed by atoms with E-state index in [0.29, 0.717) is 5.69 Å². The van der Waals surface area contributed by atoms with Gasteiger partial charge in [-0.3, -0.25) is 9.59 Å². The molecule has 1 aliphatic rings. The summed E-state index contributed by atoms with van der Waals surface area (Å²) in [4.78, 5) is 25.2. The number of benzene rings is 2. The van der Waals surface area contributed by atoms with Gasteiger partial charge in [-0.15, -0.1) is 11.8 Å². The van der Waals surface area contributed by atoms with Crippen molar-refractivity contribution in [3.63, 3.8) is 0 Å². The molecule has 2 amide bonds. The van der Waals surface area contributed by atoms with Crippen LogP contribution in [0.4, 0.5) is 11.4 Å². The number of carbonyl (C=O) groups is 2. The average molecular weight is 377 g/mol. The largest absolute Gasteiger partial charge is 0.326 e. The SMILES string of the molecule is NS(=O)(=O)c1ccc(NC(=O)C[C@@H]2Sc3ccccc3NC2=O)cc1. The third-order valence-electron chi connectivity index (χ3n) is 3.54. The Morgan fingerprint density at radius 3 is 2.52 bits per heavy atom. The maximum absolute atomic E-state index is 12.2. The number of nitrogens with one attached hydrogen (secondary N) is 2. The van der Waals surface area contributed by atoms with Crippen molar-refractivity contribution in [3.05, 3.63) is 48.5 Å². The quantitative estimate of drug-likeness (QED) is 0.750. The maximum Gasteiger partial charge on any atom is 0.238 e. The lowest BCUT2D eigenvalue weighted by atomic mass is 10.2. The van der Waals surface area contributed by atoms with Crippen molar-refractivity contribution >= 4 is 45.0 Å². The first kappa shape index (κ1) is 17.5. The Kier molecular flexibility index (Phi) is 4.80. The zero-order valence-electron chi connectivity index (χ0n) is 12.9. The van der Waals surface area contributed by atoms with Crippen LogP contribution in [0.15, 0.2) is 58.3 Å². The number of hydrogen-bond acceptors (Lipinski definition) is 5. The highest BCUT2D eigenvalue weighted by atomic mass is 32.2. The summed E-state index contributed by atoms with van der Waals surface area (Å²) in [6.45, 7) is 0. The summed E-state index contributed by atoms with van der Waals surface area (Å²) >= 11 is 1.34. The number of fused-ring (bicyclic) bond motifs is 1. The first-order valence-corrected chi connectivity index (χ1v) is 9.75. The molecule has 0 unspecified atom stereocenters. The Labute approximate surface area is 149 Å². The molecule has 0 saturated heterocycles. The van der Waals surface area contributed by atoms with E-state index in [9.17, 15) is 18.0 Å². The van der Waals surface area contributed by atoms with Gasteiger partial charge in [0.2, 0.25) is 21.8 Å². The van der Waals surface area contributed by atoms with Crippen LogP contribution in [-0.2, 0) is 19.6 Å². The molecule has 9 heteroatoms. The van der Waals surface area contributed by atoms with Gasteiger partial charge in [0.05, 0.1) is 15.8 Å². The van der Waals surface area contributed by atoms with Crippen molar-refractivity contribution in [3.8, 4) is 0 Å². The fourth-order valence-electron chi connectivity index (χ4n) is 2.34. The van der Waals surface area contributed by atoms with E-state index in [1.165, 1.54) is 36.0 Å². The van der Waals surface area contributed by atoms with Crippen LogP contribution in [0.2, 0.25) is 0 Å². The smallest absolute Gasteiger partial charge is 0.238 e. The van der Waals surface area contributed by atoms with Crippen LogP contribution in [0, 0.1) is 0 Å². The molecule has 130 valence electrons. The first-order chi connectivity index (χ1) is 11.8. The van der Waals surface area contributed by atoms with Gasteiger partial charge in [-0.2, -0.15) is 0 Å². The normalized spacial score (nSPS) is 16.7. The highest BCUT2D eigenvalue weighted by Crippen LogP contribution is 2.36. The van der Waals surface area contributed by atoms with E-state index < -0.39 is 15.3 Å². The molecule has 0 spiro atoms. The number of primary sulfonamides is 1. The number of carbonyl (C=O) groups excluding carboxylic acids is 2. The predicted octanol–water partition coefficient (Wildman–Crippen LogP) is 1.78. The molecule has 1 aliphatic heterocycles. The standard InChI is InChI=1S/C16H15N3O4S2/c17-25(22,23)11-7-5-10(6-8-11)18-15(20)9-14-16(21)19-12-3-1-2-4-13(12)24-14/h1-8,14H,9H2,(H,18,20)(H,19,21)(H2,17,22,23)/t14-/m0/s1. The number of anilines is 2. The molecule has 0 bridgehead atoms. The second kappa shape index (κ2) is 6.87. The third kappa shape index (κ3) is 4.19. The second-order valence-corrected chi connectivity index (χ2v) is 8.22. The molecule has 0 aromatic heterocycles. The maximum atomic E-state index is 12.2. The molecule has 0 aliphatic carbocycles. The van der Waals surface area contributed by atoms with Crippen LogP contribution in [-0.4, -0.2) is 25.5 Å². The van der Waals surface area contributed by atoms with Crippen molar-refractivity contribution in [1.82, 2.24) is 0 Å². The van der Waals surface area contributed by atoms with E-state index in [0.717, 1.165) is 10.6 Å². The van der Waals surface area contributed by atoms with E-state index in [4.69, 9.17) is 5.14 Å². The van der Waals surface area contributed by atoms with Crippen molar-refractivity contribution in [2.24, 2.45) is 5.14 Å². The minimum Gasteiger partial charge on any atom is -0.326 e. The van der Waals surface area contributed by atoms with Crippen LogP contribution in [0.3, 0.4) is 0 Å². The third-order valence-corrected chi connectivity index (χ3v) is 5.75. The van der Waals surface area contributed by atoms with E-state index in [1.54, 1.807) is 0 Å². The van der Waals surface area contributed by atoms with E-state index in [1.807, 2.05) is 24.3 Å². The number of sulfonamides is 1. The summed E-state index contributed by atoms with van der Waals surface area (Å²) in [6, 6.07) is 12.9. The van der Waals surface area contributed by atoms with Gasteiger partial charge in [-0.05, 0) is 36.4 Å². The summed E-state index contributed by atoms with van der Waals surface area (Å²) in [7, 11) is -3.78. The Morgan fingerprint density at radius 1 is 1.16 bits per heavy atom. The molecular formula is C16H15N3O4S2. The fraction of sp³-hybridized carbons (Fsp3) is 0.125. The average Bonchev–Trinajstić information content (AvgIpc) is 2.55. The monoisotopic (exact) mass is 377 g/mol. The minimum absolute atomic E-state index is 0.00176. The second-order valence-electron chi connectivity index (χ2n) is 5.41. The lowest BCUT2D eigenvalue weighted by Crippen LogP contribution is -2.32. The van der Waals surface area contributed by atoms with Crippen LogP contribution >= 0.6 is 11.8 Å². The van der Waals surface area contributed by atoms with Gasteiger partial charge in [0.25, 0.3) is 0 Å². The van der Waals surface area contributed by atoms with Crippen LogP contribution in [0.25, 0.3) is 0 Å². The molecule has 2 aromatic rings. The molecule has 4 N–H and O–H groups in total. The summed E-state index contributed by atoms with van der Waals surface area (Å²) in [5.74, 6) is -0.557. The molecule has 25 heavy (non-hydrogen) atoms. The highest BCUT2D eigenvalue weighted by molar-refractivity contribution is 8.01. The van der Waals surface area contributed by atoms with Gasteiger partial charge >= 0.3 is 0 Å². The number of hydrogen-bond donors (Lipinski definition) is 3. The Balaban J connectivity index is 1.64. The molecule has 0 fully saturated rings. The molecule has 1 heterocycles. The zero-order chi connectivity index (χ0) is 18.0. The van der Waals surface area contributed by atoms with Crippen LogP contribution in [0.1, 0.15) is 6.42 Å². The molecule has 1 atom stereocenters. The topological polar surface area (TPSA) is 118 Å². The van der Waals surface area contributed by atoms with E-state index >= 15 is 0 Å². The van der Waals surface area contributed by atoms with Gasteiger partial charge < -0.3 is 10.6 Å². The number of para-hydroxylation sites is 1. The Morgan fingerprint density at radius 2 is 1.84 bits per heavy atom. The summed E-state index contributed by atoms with van der Waals surface area (Å²) in [5, 5.41) is 9.92. The van der Waals surface area contributed by atoms with Gasteiger partial charge in [-0.25, -0.2) is 13.6 Å². The van der Waals surface area contributed by atoms with Crippen molar-refractivity contribution in [2.45, 2.75) is 21.5 Å². The van der Waals surface area contributed by atoms with Crippen molar-refractivity contribution in [2.75, 3.05) is 10.6 Å². The van der Waals surface area contributed by atoms with E-state index in [-0.39, 0.29) is 23.1 Å². The Hall–Kier alpha value is -2.36.